The molecule has 5 nitrogen and oxygen atoms in total. The topological polar surface area (TPSA) is 61.8 Å². The molecule has 0 heterocycles. The van der Waals surface area contributed by atoms with E-state index in [0.717, 1.165) is 51.4 Å². The van der Waals surface area contributed by atoms with Gasteiger partial charge in [0, 0.05) is 19.4 Å². The number of allylic oxidation sites excluding steroid dienone is 8. The summed E-state index contributed by atoms with van der Waals surface area (Å²) in [5, 5.41) is 0. The van der Waals surface area contributed by atoms with Crippen LogP contribution in [0.5, 0.6) is 0 Å². The van der Waals surface area contributed by atoms with Crippen molar-refractivity contribution >= 4 is 11.9 Å². The van der Waals surface area contributed by atoms with Crippen molar-refractivity contribution in [3.63, 3.8) is 0 Å². The second-order valence-electron chi connectivity index (χ2n) is 16.7. The summed E-state index contributed by atoms with van der Waals surface area (Å²) in [6.07, 6.45) is 59.9. The van der Waals surface area contributed by atoms with Crippen LogP contribution in [0.15, 0.2) is 48.6 Å². The van der Waals surface area contributed by atoms with Gasteiger partial charge in [0.05, 0.1) is 6.61 Å². The molecule has 0 rings (SSSR count). The maximum atomic E-state index is 12.7. The standard InChI is InChI=1S/C53H96O5/c1-4-7-10-13-16-19-22-25-27-29-31-34-37-40-43-46-52(54)57-50-51(49-56-48-45-42-39-36-33-30-26-23-20-17-14-11-8-5-2)58-53(55)47-44-41-38-35-32-28-24-21-18-15-12-9-6-3/h9,12,18,21,28,32,38,41,51H,4-8,10-11,13-17,19-20,22-27,29-31,33-37,39-40,42-50H2,1-3H3/b12-9-,21-18-,32-28-,41-38-. The molecule has 0 aliphatic heterocycles. The first-order chi connectivity index (χ1) is 28.6. The van der Waals surface area contributed by atoms with Crippen molar-refractivity contribution in [3.8, 4) is 0 Å². The zero-order chi connectivity index (χ0) is 42.1. The average molecular weight is 813 g/mol. The van der Waals surface area contributed by atoms with Crippen molar-refractivity contribution in [2.24, 2.45) is 0 Å². The zero-order valence-electron chi connectivity index (χ0n) is 38.8. The van der Waals surface area contributed by atoms with E-state index in [9.17, 15) is 9.59 Å². The van der Waals surface area contributed by atoms with Gasteiger partial charge < -0.3 is 14.2 Å². The predicted molar refractivity (Wildman–Crippen MR) is 251 cm³/mol. The fourth-order valence-electron chi connectivity index (χ4n) is 7.17. The van der Waals surface area contributed by atoms with Gasteiger partial charge in [0.25, 0.3) is 0 Å². The molecular formula is C53H96O5. The van der Waals surface area contributed by atoms with Crippen molar-refractivity contribution in [1.82, 2.24) is 0 Å². The minimum atomic E-state index is -0.568. The van der Waals surface area contributed by atoms with Gasteiger partial charge in [-0.3, -0.25) is 9.59 Å². The Balaban J connectivity index is 4.30. The number of carbonyl (C=O) groups is 2. The van der Waals surface area contributed by atoms with Gasteiger partial charge in [0.15, 0.2) is 6.10 Å². The fraction of sp³-hybridized carbons (Fsp3) is 0.811. The van der Waals surface area contributed by atoms with Crippen LogP contribution in [0, 0.1) is 0 Å². The molecule has 0 bridgehead atoms. The van der Waals surface area contributed by atoms with E-state index < -0.39 is 6.10 Å². The first-order valence-corrected chi connectivity index (χ1v) is 25.2. The molecule has 0 spiro atoms. The molecule has 0 radical (unpaired) electrons. The van der Waals surface area contributed by atoms with Crippen molar-refractivity contribution in [2.45, 2.75) is 258 Å². The highest BCUT2D eigenvalue weighted by molar-refractivity contribution is 5.70. The largest absolute Gasteiger partial charge is 0.462 e. The van der Waals surface area contributed by atoms with Crippen LogP contribution in [0.2, 0.25) is 0 Å². The number of unbranched alkanes of at least 4 members (excludes halogenated alkanes) is 27. The molecular weight excluding hydrogens is 717 g/mol. The number of esters is 2. The Morgan fingerprint density at radius 1 is 0.397 bits per heavy atom. The highest BCUT2D eigenvalue weighted by Crippen LogP contribution is 2.15. The van der Waals surface area contributed by atoms with E-state index in [2.05, 4.69) is 63.3 Å². The number of rotatable bonds is 46. The highest BCUT2D eigenvalue weighted by Gasteiger charge is 2.17. The molecule has 0 N–H and O–H groups in total. The second kappa shape index (κ2) is 49.2. The molecule has 5 heteroatoms. The summed E-state index contributed by atoms with van der Waals surface area (Å²) in [6.45, 7) is 7.67. The van der Waals surface area contributed by atoms with Crippen LogP contribution in [-0.2, 0) is 23.8 Å². The predicted octanol–water partition coefficient (Wildman–Crippen LogP) is 16.8. The lowest BCUT2D eigenvalue weighted by molar-refractivity contribution is -0.162. The quantitative estimate of drug-likeness (QED) is 0.0348. The van der Waals surface area contributed by atoms with E-state index in [0.29, 0.717) is 25.9 Å². The zero-order valence-corrected chi connectivity index (χ0v) is 38.8. The number of ether oxygens (including phenoxy) is 3. The molecule has 0 amide bonds. The molecule has 1 atom stereocenters. The maximum Gasteiger partial charge on any atom is 0.306 e. The molecule has 0 saturated heterocycles. The van der Waals surface area contributed by atoms with E-state index in [-0.39, 0.29) is 25.2 Å². The SMILES string of the molecule is CC/C=C\C/C=C\C/C=C\C/C=C\CCC(=O)OC(COCCCCCCCCCCCCCCCC)COC(=O)CCCCCCCCCCCCCCCCC. The van der Waals surface area contributed by atoms with Crippen LogP contribution in [0.4, 0.5) is 0 Å². The number of hydrogen-bond donors (Lipinski definition) is 0. The van der Waals surface area contributed by atoms with Crippen molar-refractivity contribution in [2.75, 3.05) is 19.8 Å². The van der Waals surface area contributed by atoms with Gasteiger partial charge in [-0.15, -0.1) is 0 Å². The van der Waals surface area contributed by atoms with E-state index >= 15 is 0 Å². The Morgan fingerprint density at radius 3 is 1.21 bits per heavy atom. The van der Waals surface area contributed by atoms with Crippen molar-refractivity contribution < 1.29 is 23.8 Å². The third-order valence-corrected chi connectivity index (χ3v) is 10.9. The van der Waals surface area contributed by atoms with Gasteiger partial charge in [-0.2, -0.15) is 0 Å². The summed E-state index contributed by atoms with van der Waals surface area (Å²) < 4.78 is 17.3. The molecule has 338 valence electrons. The third kappa shape index (κ3) is 46.5. The van der Waals surface area contributed by atoms with Gasteiger partial charge in [0.2, 0.25) is 0 Å². The highest BCUT2D eigenvalue weighted by atomic mass is 16.6. The van der Waals surface area contributed by atoms with Gasteiger partial charge in [0.1, 0.15) is 6.61 Å². The molecule has 58 heavy (non-hydrogen) atoms. The lowest BCUT2D eigenvalue weighted by Crippen LogP contribution is -2.30. The first-order valence-electron chi connectivity index (χ1n) is 25.2. The summed E-state index contributed by atoms with van der Waals surface area (Å²) in [4.78, 5) is 25.3. The summed E-state index contributed by atoms with van der Waals surface area (Å²) in [5.74, 6) is -0.478. The smallest absolute Gasteiger partial charge is 0.306 e. The molecule has 0 aliphatic rings. The van der Waals surface area contributed by atoms with Crippen LogP contribution in [0.25, 0.3) is 0 Å². The molecule has 0 aromatic rings. The van der Waals surface area contributed by atoms with Crippen LogP contribution >= 0.6 is 0 Å². The summed E-state index contributed by atoms with van der Waals surface area (Å²) in [6, 6.07) is 0. The summed E-state index contributed by atoms with van der Waals surface area (Å²) in [5.41, 5.74) is 0. The van der Waals surface area contributed by atoms with Crippen molar-refractivity contribution in [1.29, 1.82) is 0 Å². The van der Waals surface area contributed by atoms with Crippen LogP contribution in [0.1, 0.15) is 252 Å². The Labute approximate surface area is 361 Å². The van der Waals surface area contributed by atoms with E-state index in [1.165, 1.54) is 161 Å². The first kappa shape index (κ1) is 55.9. The summed E-state index contributed by atoms with van der Waals surface area (Å²) in [7, 11) is 0. The van der Waals surface area contributed by atoms with E-state index in [1.807, 2.05) is 6.08 Å². The Morgan fingerprint density at radius 2 is 0.776 bits per heavy atom. The molecule has 0 saturated carbocycles. The molecule has 0 aromatic carbocycles. The van der Waals surface area contributed by atoms with Crippen LogP contribution < -0.4 is 0 Å². The number of hydrogen-bond acceptors (Lipinski definition) is 5. The number of carbonyl (C=O) groups excluding carboxylic acids is 2. The fourth-order valence-corrected chi connectivity index (χ4v) is 7.17. The van der Waals surface area contributed by atoms with Crippen LogP contribution in [0.3, 0.4) is 0 Å². The molecule has 1 unspecified atom stereocenters. The Hall–Kier alpha value is -2.14. The Bertz CT molecular complexity index is 966. The molecule has 0 aromatic heterocycles. The summed E-state index contributed by atoms with van der Waals surface area (Å²) >= 11 is 0. The monoisotopic (exact) mass is 813 g/mol. The van der Waals surface area contributed by atoms with Gasteiger partial charge >= 0.3 is 11.9 Å². The minimum Gasteiger partial charge on any atom is -0.462 e. The third-order valence-electron chi connectivity index (χ3n) is 10.9. The van der Waals surface area contributed by atoms with E-state index in [4.69, 9.17) is 14.2 Å². The maximum absolute atomic E-state index is 12.7. The molecule has 0 fully saturated rings. The Kier molecular flexibility index (Phi) is 47.4. The van der Waals surface area contributed by atoms with E-state index in [1.54, 1.807) is 0 Å². The average Bonchev–Trinajstić information content (AvgIpc) is 3.22. The second-order valence-corrected chi connectivity index (χ2v) is 16.7. The lowest BCUT2D eigenvalue weighted by Gasteiger charge is -2.18. The van der Waals surface area contributed by atoms with Gasteiger partial charge in [-0.25, -0.2) is 0 Å². The van der Waals surface area contributed by atoms with Gasteiger partial charge in [-0.1, -0.05) is 243 Å². The minimum absolute atomic E-state index is 0.0615. The van der Waals surface area contributed by atoms with Crippen molar-refractivity contribution in [3.05, 3.63) is 48.6 Å². The lowest BCUT2D eigenvalue weighted by atomic mass is 10.0. The van der Waals surface area contributed by atoms with Gasteiger partial charge in [-0.05, 0) is 44.9 Å². The van der Waals surface area contributed by atoms with Crippen LogP contribution in [-0.4, -0.2) is 37.9 Å². The normalized spacial score (nSPS) is 12.5. The molecule has 0 aliphatic carbocycles.